The maximum Gasteiger partial charge on any atom is 0.295 e. The summed E-state index contributed by atoms with van der Waals surface area (Å²) < 4.78 is 11.9. The van der Waals surface area contributed by atoms with Crippen LogP contribution in [0.1, 0.15) is 30.5 Å². The summed E-state index contributed by atoms with van der Waals surface area (Å²) in [4.78, 5) is 29.7. The predicted octanol–water partition coefficient (Wildman–Crippen LogP) is 4.23. The minimum Gasteiger partial charge on any atom is -0.507 e. The van der Waals surface area contributed by atoms with E-state index in [1.807, 2.05) is 25.9 Å². The van der Waals surface area contributed by atoms with Crippen molar-refractivity contribution in [2.75, 3.05) is 40.9 Å². The summed E-state index contributed by atoms with van der Waals surface area (Å²) in [6, 6.07) is 11.5. The zero-order valence-corrected chi connectivity index (χ0v) is 20.9. The molecule has 1 aliphatic heterocycles. The molecule has 0 saturated carbocycles. The number of carbonyl (C=O) groups is 2. The quantitative estimate of drug-likeness (QED) is 0.305. The van der Waals surface area contributed by atoms with Crippen molar-refractivity contribution in [3.05, 3.63) is 63.6 Å². The Hall–Kier alpha value is -2.84. The second-order valence-electron chi connectivity index (χ2n) is 8.00. The van der Waals surface area contributed by atoms with Crippen LogP contribution in [0.5, 0.6) is 11.5 Å². The predicted molar refractivity (Wildman–Crippen MR) is 130 cm³/mol. The highest BCUT2D eigenvalue weighted by Gasteiger charge is 2.46. The summed E-state index contributed by atoms with van der Waals surface area (Å²) in [6.45, 7) is 3.49. The van der Waals surface area contributed by atoms with Crippen LogP contribution in [0, 0.1) is 0 Å². The van der Waals surface area contributed by atoms with Gasteiger partial charge in [0.15, 0.2) is 11.5 Å². The van der Waals surface area contributed by atoms with Crippen molar-refractivity contribution in [2.24, 2.45) is 0 Å². The molecule has 0 radical (unpaired) electrons. The number of nitrogens with zero attached hydrogens (tertiary/aromatic N) is 2. The number of amides is 1. The Labute approximate surface area is 202 Å². The molecule has 0 unspecified atom stereocenters. The van der Waals surface area contributed by atoms with E-state index in [2.05, 4.69) is 15.9 Å². The normalized spacial score (nSPS) is 17.6. The Bertz CT molecular complexity index is 1050. The summed E-state index contributed by atoms with van der Waals surface area (Å²) in [6.07, 6.45) is 0.684. The number of hydrogen-bond donors (Lipinski definition) is 1. The Morgan fingerprint density at radius 2 is 1.82 bits per heavy atom. The van der Waals surface area contributed by atoms with Gasteiger partial charge in [-0.3, -0.25) is 9.59 Å². The average Bonchev–Trinajstić information content (AvgIpc) is 3.04. The number of rotatable bonds is 9. The highest BCUT2D eigenvalue weighted by molar-refractivity contribution is 9.10. The van der Waals surface area contributed by atoms with Crippen molar-refractivity contribution in [1.82, 2.24) is 9.80 Å². The highest BCUT2D eigenvalue weighted by atomic mass is 79.9. The molecule has 176 valence electrons. The minimum absolute atomic E-state index is 0.0680. The Morgan fingerprint density at radius 1 is 1.12 bits per heavy atom. The molecule has 1 N–H and O–H groups in total. The van der Waals surface area contributed by atoms with Crippen molar-refractivity contribution in [3.63, 3.8) is 0 Å². The van der Waals surface area contributed by atoms with E-state index < -0.39 is 17.7 Å². The summed E-state index contributed by atoms with van der Waals surface area (Å²) in [5.41, 5.74) is 1.20. The molecular formula is C25H29BrN2O5. The largest absolute Gasteiger partial charge is 0.507 e. The van der Waals surface area contributed by atoms with Crippen molar-refractivity contribution in [3.8, 4) is 11.5 Å². The molecule has 1 aliphatic rings. The molecule has 1 atom stereocenters. The zero-order chi connectivity index (χ0) is 24.1. The Morgan fingerprint density at radius 3 is 2.42 bits per heavy atom. The molecule has 1 fully saturated rings. The Kier molecular flexibility index (Phi) is 8.15. The van der Waals surface area contributed by atoms with Gasteiger partial charge in [0.25, 0.3) is 11.7 Å². The van der Waals surface area contributed by atoms with Gasteiger partial charge in [0.05, 0.1) is 25.3 Å². The van der Waals surface area contributed by atoms with E-state index in [4.69, 9.17) is 9.47 Å². The average molecular weight is 517 g/mol. The van der Waals surface area contributed by atoms with E-state index in [0.717, 1.165) is 11.0 Å². The standard InChI is InChI=1S/C25H29BrN2O5/c1-5-33-19-12-9-17(15-20(19)32-4)22-21(23(29)16-7-10-18(26)11-8-16)24(30)25(31)28(22)14-6-13-27(2)3/h7-12,15,22,29H,5-6,13-14H2,1-4H3/b23-21+/t22-/m1/s1. The lowest BCUT2D eigenvalue weighted by molar-refractivity contribution is -0.139. The van der Waals surface area contributed by atoms with Gasteiger partial charge in [-0.25, -0.2) is 0 Å². The number of halogens is 1. The van der Waals surface area contributed by atoms with Gasteiger partial charge in [0.1, 0.15) is 5.76 Å². The fraction of sp³-hybridized carbons (Fsp3) is 0.360. The molecule has 0 spiro atoms. The number of methoxy groups -OCH3 is 1. The van der Waals surface area contributed by atoms with Gasteiger partial charge < -0.3 is 24.4 Å². The van der Waals surface area contributed by atoms with Gasteiger partial charge >= 0.3 is 0 Å². The van der Waals surface area contributed by atoms with Gasteiger partial charge in [-0.05, 0) is 63.8 Å². The van der Waals surface area contributed by atoms with E-state index in [0.29, 0.717) is 42.2 Å². The smallest absolute Gasteiger partial charge is 0.295 e. The van der Waals surface area contributed by atoms with Crippen molar-refractivity contribution in [1.29, 1.82) is 0 Å². The molecule has 0 aliphatic carbocycles. The number of aliphatic hydroxyl groups is 1. The van der Waals surface area contributed by atoms with Gasteiger partial charge in [0.2, 0.25) is 0 Å². The van der Waals surface area contributed by atoms with Gasteiger partial charge in [0, 0.05) is 16.6 Å². The number of aliphatic hydroxyl groups excluding tert-OH is 1. The van der Waals surface area contributed by atoms with E-state index in [1.54, 1.807) is 42.5 Å². The molecule has 1 amide bonds. The van der Waals surface area contributed by atoms with Gasteiger partial charge in [-0.1, -0.05) is 34.1 Å². The second-order valence-corrected chi connectivity index (χ2v) is 8.92. The molecular weight excluding hydrogens is 488 g/mol. The van der Waals surface area contributed by atoms with Crippen molar-refractivity contribution in [2.45, 2.75) is 19.4 Å². The fourth-order valence-electron chi connectivity index (χ4n) is 3.91. The monoisotopic (exact) mass is 516 g/mol. The lowest BCUT2D eigenvalue weighted by Gasteiger charge is -2.26. The first kappa shape index (κ1) is 24.8. The van der Waals surface area contributed by atoms with E-state index in [-0.39, 0.29) is 11.3 Å². The van der Waals surface area contributed by atoms with Crippen LogP contribution in [-0.2, 0) is 9.59 Å². The second kappa shape index (κ2) is 10.9. The molecule has 2 aromatic carbocycles. The van der Waals surface area contributed by atoms with Crippen LogP contribution in [-0.4, -0.2) is 67.5 Å². The van der Waals surface area contributed by atoms with Crippen LogP contribution in [0.15, 0.2) is 52.5 Å². The topological polar surface area (TPSA) is 79.3 Å². The molecule has 2 aromatic rings. The first-order valence-electron chi connectivity index (χ1n) is 10.8. The molecule has 3 rings (SSSR count). The van der Waals surface area contributed by atoms with Crippen LogP contribution in [0.3, 0.4) is 0 Å². The molecule has 8 heteroatoms. The van der Waals surface area contributed by atoms with Gasteiger partial charge in [-0.2, -0.15) is 0 Å². The minimum atomic E-state index is -0.736. The van der Waals surface area contributed by atoms with E-state index in [9.17, 15) is 14.7 Å². The van der Waals surface area contributed by atoms with Crippen LogP contribution in [0.4, 0.5) is 0 Å². The summed E-state index contributed by atoms with van der Waals surface area (Å²) >= 11 is 3.38. The lowest BCUT2D eigenvalue weighted by atomic mass is 9.95. The number of carbonyl (C=O) groups excluding carboxylic acids is 2. The van der Waals surface area contributed by atoms with Gasteiger partial charge in [-0.15, -0.1) is 0 Å². The number of Topliss-reactive ketones (excluding diaryl/α,β-unsaturated/α-hetero) is 1. The Balaban J connectivity index is 2.12. The third-order valence-electron chi connectivity index (χ3n) is 5.47. The first-order chi connectivity index (χ1) is 15.8. The summed E-state index contributed by atoms with van der Waals surface area (Å²) in [5.74, 6) is -0.449. The van der Waals surface area contributed by atoms with E-state index >= 15 is 0 Å². The molecule has 7 nitrogen and oxygen atoms in total. The molecule has 1 saturated heterocycles. The number of benzene rings is 2. The lowest BCUT2D eigenvalue weighted by Crippen LogP contribution is -2.32. The zero-order valence-electron chi connectivity index (χ0n) is 19.3. The van der Waals surface area contributed by atoms with Crippen LogP contribution < -0.4 is 9.47 Å². The highest BCUT2D eigenvalue weighted by Crippen LogP contribution is 2.42. The molecule has 1 heterocycles. The molecule has 33 heavy (non-hydrogen) atoms. The number of hydrogen-bond acceptors (Lipinski definition) is 6. The fourth-order valence-corrected chi connectivity index (χ4v) is 4.17. The van der Waals surface area contributed by atoms with Crippen LogP contribution in [0.25, 0.3) is 5.76 Å². The first-order valence-corrected chi connectivity index (χ1v) is 11.6. The summed E-state index contributed by atoms with van der Waals surface area (Å²) in [7, 11) is 5.45. The van der Waals surface area contributed by atoms with Crippen LogP contribution >= 0.6 is 15.9 Å². The van der Waals surface area contributed by atoms with Crippen molar-refractivity contribution < 1.29 is 24.2 Å². The van der Waals surface area contributed by atoms with Crippen LogP contribution in [0.2, 0.25) is 0 Å². The number of likely N-dealkylation sites (tertiary alicyclic amines) is 1. The number of ketones is 1. The molecule has 0 bridgehead atoms. The maximum atomic E-state index is 13.1. The third-order valence-corrected chi connectivity index (χ3v) is 5.99. The molecule has 0 aromatic heterocycles. The third kappa shape index (κ3) is 5.39. The summed E-state index contributed by atoms with van der Waals surface area (Å²) in [5, 5.41) is 11.1. The maximum absolute atomic E-state index is 13.1. The van der Waals surface area contributed by atoms with E-state index in [1.165, 1.54) is 12.0 Å². The SMILES string of the molecule is CCOc1ccc([C@@H]2/C(=C(\O)c3ccc(Br)cc3)C(=O)C(=O)N2CCCN(C)C)cc1OC. The van der Waals surface area contributed by atoms with Crippen molar-refractivity contribution >= 4 is 33.4 Å². The number of ether oxygens (including phenoxy) is 2.